The van der Waals surface area contributed by atoms with E-state index in [-0.39, 0.29) is 19.7 Å². The second kappa shape index (κ2) is 10.3. The molecule has 0 aromatic heterocycles. The zero-order valence-electron chi connectivity index (χ0n) is 16.8. The molecule has 1 heterocycles. The number of nitrogens with one attached hydrogen (secondary N) is 2. The topological polar surface area (TPSA) is 97.0 Å². The SMILES string of the molecule is CCOc1ccc(OCCNC(=O)CN2C(=O)NC(Cc3ccccc3)C2=O)cc1. The molecule has 1 aliphatic heterocycles. The van der Waals surface area contributed by atoms with E-state index >= 15 is 0 Å². The Balaban J connectivity index is 1.40. The Hall–Kier alpha value is -3.55. The van der Waals surface area contributed by atoms with Crippen LogP contribution in [-0.4, -0.2) is 55.1 Å². The number of rotatable bonds is 10. The van der Waals surface area contributed by atoms with Crippen LogP contribution in [0.1, 0.15) is 12.5 Å². The summed E-state index contributed by atoms with van der Waals surface area (Å²) in [6.45, 7) is 2.70. The van der Waals surface area contributed by atoms with Crippen molar-refractivity contribution in [2.24, 2.45) is 0 Å². The van der Waals surface area contributed by atoms with Crippen molar-refractivity contribution < 1.29 is 23.9 Å². The van der Waals surface area contributed by atoms with Crippen LogP contribution in [0.15, 0.2) is 54.6 Å². The molecule has 158 valence electrons. The van der Waals surface area contributed by atoms with Crippen LogP contribution >= 0.6 is 0 Å². The van der Waals surface area contributed by atoms with Gasteiger partial charge in [-0.15, -0.1) is 0 Å². The number of nitrogens with zero attached hydrogens (tertiary/aromatic N) is 1. The minimum absolute atomic E-state index is 0.253. The van der Waals surface area contributed by atoms with Gasteiger partial charge in [0.05, 0.1) is 13.2 Å². The molecule has 0 radical (unpaired) electrons. The molecule has 3 rings (SSSR count). The third kappa shape index (κ3) is 5.73. The fraction of sp³-hybridized carbons (Fsp3) is 0.318. The van der Waals surface area contributed by atoms with Crippen molar-refractivity contribution in [1.29, 1.82) is 0 Å². The molecule has 2 aromatic rings. The van der Waals surface area contributed by atoms with Crippen LogP contribution < -0.4 is 20.1 Å². The second-order valence-electron chi connectivity index (χ2n) is 6.72. The van der Waals surface area contributed by atoms with E-state index in [0.717, 1.165) is 16.2 Å². The molecule has 2 N–H and O–H groups in total. The van der Waals surface area contributed by atoms with E-state index in [9.17, 15) is 14.4 Å². The van der Waals surface area contributed by atoms with Gasteiger partial charge in [0, 0.05) is 6.42 Å². The predicted molar refractivity (Wildman–Crippen MR) is 110 cm³/mol. The number of ether oxygens (including phenoxy) is 2. The van der Waals surface area contributed by atoms with Crippen molar-refractivity contribution in [3.8, 4) is 11.5 Å². The third-order valence-corrected chi connectivity index (χ3v) is 4.52. The Morgan fingerprint density at radius 2 is 1.70 bits per heavy atom. The van der Waals surface area contributed by atoms with Gasteiger partial charge in [-0.1, -0.05) is 30.3 Å². The molecule has 1 unspecified atom stereocenters. The van der Waals surface area contributed by atoms with E-state index < -0.39 is 23.9 Å². The highest BCUT2D eigenvalue weighted by atomic mass is 16.5. The molecule has 30 heavy (non-hydrogen) atoms. The number of amides is 4. The normalized spacial score (nSPS) is 15.6. The van der Waals surface area contributed by atoms with Crippen molar-refractivity contribution in [3.63, 3.8) is 0 Å². The van der Waals surface area contributed by atoms with Crippen molar-refractivity contribution in [2.45, 2.75) is 19.4 Å². The smallest absolute Gasteiger partial charge is 0.325 e. The van der Waals surface area contributed by atoms with E-state index in [1.165, 1.54) is 0 Å². The maximum Gasteiger partial charge on any atom is 0.325 e. The molecule has 8 nitrogen and oxygen atoms in total. The number of urea groups is 1. The fourth-order valence-corrected chi connectivity index (χ4v) is 3.07. The van der Waals surface area contributed by atoms with Crippen molar-refractivity contribution in [1.82, 2.24) is 15.5 Å². The zero-order valence-corrected chi connectivity index (χ0v) is 16.8. The summed E-state index contributed by atoms with van der Waals surface area (Å²) in [5.74, 6) is 0.599. The molecule has 0 saturated carbocycles. The summed E-state index contributed by atoms with van der Waals surface area (Å²) >= 11 is 0. The summed E-state index contributed by atoms with van der Waals surface area (Å²) in [5.41, 5.74) is 0.939. The first-order valence-electron chi connectivity index (χ1n) is 9.85. The Labute approximate surface area is 175 Å². The molecule has 1 aliphatic rings. The van der Waals surface area contributed by atoms with E-state index in [1.807, 2.05) is 37.3 Å². The van der Waals surface area contributed by atoms with Crippen molar-refractivity contribution in [2.75, 3.05) is 26.3 Å². The number of imide groups is 1. The minimum atomic E-state index is -0.657. The Morgan fingerprint density at radius 3 is 2.37 bits per heavy atom. The van der Waals surface area contributed by atoms with Gasteiger partial charge < -0.3 is 20.1 Å². The van der Waals surface area contributed by atoms with E-state index in [2.05, 4.69) is 10.6 Å². The summed E-state index contributed by atoms with van der Waals surface area (Å²) in [4.78, 5) is 37.6. The van der Waals surface area contributed by atoms with Gasteiger partial charge in [0.15, 0.2) is 0 Å². The average Bonchev–Trinajstić information content (AvgIpc) is 3.00. The number of hydrogen-bond acceptors (Lipinski definition) is 5. The van der Waals surface area contributed by atoms with Gasteiger partial charge >= 0.3 is 6.03 Å². The summed E-state index contributed by atoms with van der Waals surface area (Å²) in [6, 6.07) is 15.4. The highest BCUT2D eigenvalue weighted by Crippen LogP contribution is 2.17. The molecule has 2 aromatic carbocycles. The van der Waals surface area contributed by atoms with E-state index in [4.69, 9.17) is 9.47 Å². The quantitative estimate of drug-likeness (QED) is 0.459. The number of hydrogen-bond donors (Lipinski definition) is 2. The van der Waals surface area contributed by atoms with Crippen LogP contribution in [0.4, 0.5) is 4.79 Å². The molecule has 1 atom stereocenters. The van der Waals surface area contributed by atoms with E-state index in [1.54, 1.807) is 24.3 Å². The molecule has 1 fully saturated rings. The van der Waals surface area contributed by atoms with Gasteiger partial charge in [-0.25, -0.2) is 4.79 Å². The number of carbonyl (C=O) groups excluding carboxylic acids is 3. The molecule has 0 bridgehead atoms. The van der Waals surface area contributed by atoms with Crippen LogP contribution in [0.2, 0.25) is 0 Å². The summed E-state index contributed by atoms with van der Waals surface area (Å²) in [5, 5.41) is 5.29. The standard InChI is InChI=1S/C22H25N3O5/c1-2-29-17-8-10-18(11-9-17)30-13-12-23-20(26)15-25-21(27)19(24-22(25)28)14-16-6-4-3-5-7-16/h3-11,19H,2,12-15H2,1H3,(H,23,26)(H,24,28). The average molecular weight is 411 g/mol. The first kappa shape index (κ1) is 21.2. The first-order chi connectivity index (χ1) is 14.6. The second-order valence-corrected chi connectivity index (χ2v) is 6.72. The Morgan fingerprint density at radius 1 is 1.03 bits per heavy atom. The lowest BCUT2D eigenvalue weighted by Gasteiger charge is -2.13. The monoisotopic (exact) mass is 411 g/mol. The zero-order chi connectivity index (χ0) is 21.3. The predicted octanol–water partition coefficient (Wildman–Crippen LogP) is 1.74. The van der Waals surface area contributed by atoms with Crippen LogP contribution in [0.5, 0.6) is 11.5 Å². The van der Waals surface area contributed by atoms with Gasteiger partial charge in [0.1, 0.15) is 30.7 Å². The maximum absolute atomic E-state index is 12.5. The lowest BCUT2D eigenvalue weighted by molar-refractivity contribution is -0.132. The maximum atomic E-state index is 12.5. The third-order valence-electron chi connectivity index (χ3n) is 4.52. The van der Waals surface area contributed by atoms with Crippen molar-refractivity contribution >= 4 is 17.8 Å². The summed E-state index contributed by atoms with van der Waals surface area (Å²) in [7, 11) is 0. The lowest BCUT2D eigenvalue weighted by Crippen LogP contribution is -2.42. The molecule has 0 aliphatic carbocycles. The van der Waals surface area contributed by atoms with Crippen LogP contribution in [0.25, 0.3) is 0 Å². The lowest BCUT2D eigenvalue weighted by atomic mass is 10.1. The largest absolute Gasteiger partial charge is 0.494 e. The summed E-state index contributed by atoms with van der Waals surface area (Å²) in [6.07, 6.45) is 0.388. The van der Waals surface area contributed by atoms with Gasteiger partial charge in [-0.05, 0) is 36.8 Å². The van der Waals surface area contributed by atoms with Crippen molar-refractivity contribution in [3.05, 3.63) is 60.2 Å². The molecule has 1 saturated heterocycles. The van der Waals surface area contributed by atoms with Gasteiger partial charge in [-0.3, -0.25) is 14.5 Å². The summed E-state index contributed by atoms with van der Waals surface area (Å²) < 4.78 is 10.9. The molecular formula is C22H25N3O5. The van der Waals surface area contributed by atoms with Gasteiger partial charge in [0.2, 0.25) is 5.91 Å². The molecular weight excluding hydrogens is 386 g/mol. The van der Waals surface area contributed by atoms with Gasteiger partial charge in [0.25, 0.3) is 5.91 Å². The molecule has 0 spiro atoms. The number of benzene rings is 2. The van der Waals surface area contributed by atoms with Crippen LogP contribution in [0.3, 0.4) is 0 Å². The van der Waals surface area contributed by atoms with E-state index in [0.29, 0.717) is 18.8 Å². The number of carbonyl (C=O) groups is 3. The first-order valence-corrected chi connectivity index (χ1v) is 9.85. The van der Waals surface area contributed by atoms with Crippen LogP contribution in [-0.2, 0) is 16.0 Å². The molecule has 4 amide bonds. The Bertz CT molecular complexity index is 870. The molecule has 8 heteroatoms. The fourth-order valence-electron chi connectivity index (χ4n) is 3.07. The highest BCUT2D eigenvalue weighted by molar-refractivity contribution is 6.06. The van der Waals surface area contributed by atoms with Crippen LogP contribution in [0, 0.1) is 0 Å². The minimum Gasteiger partial charge on any atom is -0.494 e. The Kier molecular flexibility index (Phi) is 7.26. The van der Waals surface area contributed by atoms with Gasteiger partial charge in [-0.2, -0.15) is 0 Å². The highest BCUT2D eigenvalue weighted by Gasteiger charge is 2.38.